The van der Waals surface area contributed by atoms with Crippen molar-refractivity contribution in [3.63, 3.8) is 0 Å². The van der Waals surface area contributed by atoms with Gasteiger partial charge in [-0.25, -0.2) is 0 Å². The van der Waals surface area contributed by atoms with Crippen LogP contribution >= 0.6 is 15.9 Å². The average Bonchev–Trinajstić information content (AvgIpc) is 2.76. The fourth-order valence-corrected chi connectivity index (χ4v) is 1.95. The number of nitrogens with zero attached hydrogens (tertiary/aromatic N) is 1. The summed E-state index contributed by atoms with van der Waals surface area (Å²) in [6.07, 6.45) is 1.54. The van der Waals surface area contributed by atoms with E-state index in [1.807, 2.05) is 38.1 Å². The highest BCUT2D eigenvalue weighted by Crippen LogP contribution is 2.17. The summed E-state index contributed by atoms with van der Waals surface area (Å²) in [7, 11) is 0. The average molecular weight is 308 g/mol. The number of amides is 1. The molecule has 94 valence electrons. The van der Waals surface area contributed by atoms with E-state index < -0.39 is 0 Å². The first-order chi connectivity index (χ1) is 8.58. The van der Waals surface area contributed by atoms with Crippen LogP contribution in [0, 0.1) is 6.92 Å². The van der Waals surface area contributed by atoms with Gasteiger partial charge in [-0.2, -0.15) is 5.10 Å². The van der Waals surface area contributed by atoms with Gasteiger partial charge in [0.2, 0.25) is 0 Å². The SMILES string of the molecule is Cc1[nH]ncc1C(=O)N[C@@H](C)c1ccc(Br)cc1. The summed E-state index contributed by atoms with van der Waals surface area (Å²) in [6, 6.07) is 7.84. The lowest BCUT2D eigenvalue weighted by molar-refractivity contribution is 0.0939. The van der Waals surface area contributed by atoms with Gasteiger partial charge in [-0.05, 0) is 31.5 Å². The Bertz CT molecular complexity index is 548. The maximum absolute atomic E-state index is 12.0. The smallest absolute Gasteiger partial charge is 0.255 e. The molecule has 0 saturated heterocycles. The third-order valence-electron chi connectivity index (χ3n) is 2.79. The summed E-state index contributed by atoms with van der Waals surface area (Å²) in [5.41, 5.74) is 2.42. The summed E-state index contributed by atoms with van der Waals surface area (Å²) >= 11 is 3.39. The van der Waals surface area contributed by atoms with Crippen molar-refractivity contribution in [3.8, 4) is 0 Å². The zero-order chi connectivity index (χ0) is 13.1. The van der Waals surface area contributed by atoms with E-state index in [1.54, 1.807) is 6.20 Å². The fraction of sp³-hybridized carbons (Fsp3) is 0.231. The number of hydrogen-bond donors (Lipinski definition) is 2. The predicted molar refractivity (Wildman–Crippen MR) is 73.3 cm³/mol. The van der Waals surface area contributed by atoms with E-state index in [-0.39, 0.29) is 11.9 Å². The summed E-state index contributed by atoms with van der Waals surface area (Å²) in [6.45, 7) is 3.78. The van der Waals surface area contributed by atoms with Gasteiger partial charge in [-0.1, -0.05) is 28.1 Å². The molecule has 0 unspecified atom stereocenters. The first-order valence-corrected chi connectivity index (χ1v) is 6.43. The fourth-order valence-electron chi connectivity index (χ4n) is 1.69. The second kappa shape index (κ2) is 5.35. The maximum atomic E-state index is 12.0. The zero-order valence-corrected chi connectivity index (χ0v) is 11.8. The number of aromatic amines is 1. The lowest BCUT2D eigenvalue weighted by Crippen LogP contribution is -2.26. The minimum Gasteiger partial charge on any atom is -0.345 e. The summed E-state index contributed by atoms with van der Waals surface area (Å²) in [4.78, 5) is 12.0. The zero-order valence-electron chi connectivity index (χ0n) is 10.2. The van der Waals surface area contributed by atoms with E-state index in [2.05, 4.69) is 31.4 Å². The van der Waals surface area contributed by atoms with Crippen LogP contribution in [0.3, 0.4) is 0 Å². The van der Waals surface area contributed by atoms with Gasteiger partial charge in [-0.15, -0.1) is 0 Å². The van der Waals surface area contributed by atoms with Crippen molar-refractivity contribution < 1.29 is 4.79 Å². The van der Waals surface area contributed by atoms with Gasteiger partial charge >= 0.3 is 0 Å². The highest BCUT2D eigenvalue weighted by atomic mass is 79.9. The molecule has 0 aliphatic heterocycles. The summed E-state index contributed by atoms with van der Waals surface area (Å²) in [5, 5.41) is 9.54. The Hall–Kier alpha value is -1.62. The Morgan fingerprint density at radius 3 is 2.61 bits per heavy atom. The molecule has 5 heteroatoms. The number of rotatable bonds is 3. The van der Waals surface area contributed by atoms with Crippen LogP contribution in [-0.4, -0.2) is 16.1 Å². The molecule has 2 rings (SSSR count). The van der Waals surface area contributed by atoms with Crippen LogP contribution in [0.2, 0.25) is 0 Å². The molecule has 1 amide bonds. The number of H-pyrrole nitrogens is 1. The molecular weight excluding hydrogens is 294 g/mol. The van der Waals surface area contributed by atoms with Crippen molar-refractivity contribution in [1.82, 2.24) is 15.5 Å². The van der Waals surface area contributed by atoms with E-state index in [9.17, 15) is 4.79 Å². The predicted octanol–water partition coefficient (Wildman–Crippen LogP) is 2.97. The molecular formula is C13H14BrN3O. The Kier molecular flexibility index (Phi) is 3.81. The van der Waals surface area contributed by atoms with Crippen molar-refractivity contribution in [2.24, 2.45) is 0 Å². The van der Waals surface area contributed by atoms with E-state index in [4.69, 9.17) is 0 Å². The van der Waals surface area contributed by atoms with Crippen molar-refractivity contribution >= 4 is 21.8 Å². The number of hydrogen-bond acceptors (Lipinski definition) is 2. The molecule has 1 aromatic heterocycles. The lowest BCUT2D eigenvalue weighted by atomic mass is 10.1. The molecule has 2 aromatic rings. The molecule has 0 aliphatic carbocycles. The molecule has 4 nitrogen and oxygen atoms in total. The molecule has 0 spiro atoms. The van der Waals surface area contributed by atoms with Gasteiger partial charge in [0, 0.05) is 10.2 Å². The van der Waals surface area contributed by atoms with Gasteiger partial charge in [0.1, 0.15) is 0 Å². The third-order valence-corrected chi connectivity index (χ3v) is 3.32. The van der Waals surface area contributed by atoms with Crippen molar-refractivity contribution in [2.45, 2.75) is 19.9 Å². The minimum atomic E-state index is -0.114. The van der Waals surface area contributed by atoms with Gasteiger partial charge in [0.05, 0.1) is 17.8 Å². The molecule has 18 heavy (non-hydrogen) atoms. The molecule has 0 aliphatic rings. The Morgan fingerprint density at radius 2 is 2.06 bits per heavy atom. The molecule has 1 heterocycles. The molecule has 0 radical (unpaired) electrons. The van der Waals surface area contributed by atoms with E-state index >= 15 is 0 Å². The van der Waals surface area contributed by atoms with E-state index in [0.717, 1.165) is 15.7 Å². The van der Waals surface area contributed by atoms with Gasteiger partial charge in [0.25, 0.3) is 5.91 Å². The number of aromatic nitrogens is 2. The highest BCUT2D eigenvalue weighted by Gasteiger charge is 2.14. The van der Waals surface area contributed by atoms with Crippen molar-refractivity contribution in [1.29, 1.82) is 0 Å². The quantitative estimate of drug-likeness (QED) is 0.916. The van der Waals surface area contributed by atoms with E-state index in [0.29, 0.717) is 5.56 Å². The largest absolute Gasteiger partial charge is 0.345 e. The molecule has 1 atom stereocenters. The summed E-state index contributed by atoms with van der Waals surface area (Å²) in [5.74, 6) is -0.114. The van der Waals surface area contributed by atoms with Crippen LogP contribution in [0.15, 0.2) is 34.9 Å². The Morgan fingerprint density at radius 1 is 1.39 bits per heavy atom. The van der Waals surface area contributed by atoms with Gasteiger partial charge in [0.15, 0.2) is 0 Å². The number of carbonyl (C=O) groups is 1. The number of carbonyl (C=O) groups excluding carboxylic acids is 1. The third kappa shape index (κ3) is 2.79. The Labute approximate surface area is 114 Å². The number of nitrogens with one attached hydrogen (secondary N) is 2. The molecule has 1 aromatic carbocycles. The number of halogens is 1. The van der Waals surface area contributed by atoms with Crippen LogP contribution in [0.1, 0.15) is 34.6 Å². The first-order valence-electron chi connectivity index (χ1n) is 5.64. The van der Waals surface area contributed by atoms with Crippen LogP contribution in [0.4, 0.5) is 0 Å². The normalized spacial score (nSPS) is 12.2. The van der Waals surface area contributed by atoms with Crippen LogP contribution < -0.4 is 5.32 Å². The Balaban J connectivity index is 2.08. The van der Waals surface area contributed by atoms with Crippen LogP contribution in [-0.2, 0) is 0 Å². The second-order valence-electron chi connectivity index (χ2n) is 4.16. The standard InChI is InChI=1S/C13H14BrN3O/c1-8(10-3-5-11(14)6-4-10)16-13(18)12-7-15-17-9(12)2/h3-8H,1-2H3,(H,15,17)(H,16,18)/t8-/m0/s1. The molecule has 0 saturated carbocycles. The van der Waals surface area contributed by atoms with Crippen molar-refractivity contribution in [3.05, 3.63) is 51.8 Å². The van der Waals surface area contributed by atoms with Crippen molar-refractivity contribution in [2.75, 3.05) is 0 Å². The number of benzene rings is 1. The maximum Gasteiger partial charge on any atom is 0.255 e. The number of aryl methyl sites for hydroxylation is 1. The molecule has 2 N–H and O–H groups in total. The van der Waals surface area contributed by atoms with E-state index in [1.165, 1.54) is 0 Å². The topological polar surface area (TPSA) is 57.8 Å². The molecule has 0 fully saturated rings. The summed E-state index contributed by atoms with van der Waals surface area (Å²) < 4.78 is 1.02. The van der Waals surface area contributed by atoms with Gasteiger partial charge < -0.3 is 5.32 Å². The lowest BCUT2D eigenvalue weighted by Gasteiger charge is -2.14. The molecule has 0 bridgehead atoms. The van der Waals surface area contributed by atoms with Crippen LogP contribution in [0.25, 0.3) is 0 Å². The van der Waals surface area contributed by atoms with Crippen LogP contribution in [0.5, 0.6) is 0 Å². The highest BCUT2D eigenvalue weighted by molar-refractivity contribution is 9.10. The first kappa shape index (κ1) is 12.8. The monoisotopic (exact) mass is 307 g/mol. The van der Waals surface area contributed by atoms with Gasteiger partial charge in [-0.3, -0.25) is 9.89 Å². The second-order valence-corrected chi connectivity index (χ2v) is 5.07. The minimum absolute atomic E-state index is 0.0418.